The lowest BCUT2D eigenvalue weighted by Gasteiger charge is -2.28. The average Bonchev–Trinajstić information content (AvgIpc) is 2.61. The molecule has 0 heterocycles. The summed E-state index contributed by atoms with van der Waals surface area (Å²) in [5.74, 6) is 0.458. The number of ketones is 1. The molecule has 0 bridgehead atoms. The lowest BCUT2D eigenvalue weighted by Crippen LogP contribution is -2.18. The van der Waals surface area contributed by atoms with Crippen LogP contribution in [0.2, 0.25) is 0 Å². The van der Waals surface area contributed by atoms with Gasteiger partial charge in [0, 0.05) is 23.1 Å². The molecule has 1 rings (SSSR count). The van der Waals surface area contributed by atoms with Crippen molar-refractivity contribution >= 4 is 5.78 Å². The summed E-state index contributed by atoms with van der Waals surface area (Å²) in [4.78, 5) is 12.8. The van der Waals surface area contributed by atoms with Crippen molar-refractivity contribution in [1.82, 2.24) is 0 Å². The molecule has 0 saturated heterocycles. The second kappa shape index (κ2) is 11.1. The molecule has 29 heavy (non-hydrogen) atoms. The third-order valence-corrected chi connectivity index (χ3v) is 5.45. The van der Waals surface area contributed by atoms with E-state index in [1.54, 1.807) is 0 Å². The van der Waals surface area contributed by atoms with Crippen LogP contribution in [-0.2, 0) is 10.8 Å². The van der Waals surface area contributed by atoms with E-state index < -0.39 is 6.10 Å². The van der Waals surface area contributed by atoms with E-state index in [1.807, 2.05) is 12.1 Å². The van der Waals surface area contributed by atoms with E-state index in [4.69, 9.17) is 5.11 Å². The van der Waals surface area contributed by atoms with Gasteiger partial charge in [-0.25, -0.2) is 0 Å². The smallest absolute Gasteiger partial charge is 0.162 e. The highest BCUT2D eigenvalue weighted by molar-refractivity contribution is 5.96. The van der Waals surface area contributed by atoms with Crippen LogP contribution in [0.4, 0.5) is 0 Å². The van der Waals surface area contributed by atoms with Gasteiger partial charge in [-0.05, 0) is 35.8 Å². The number of unbranched alkanes of at least 4 members (excludes halogenated alkanes) is 5. The molecule has 0 aliphatic carbocycles. The zero-order valence-electron chi connectivity index (χ0n) is 19.3. The third-order valence-electron chi connectivity index (χ3n) is 5.45. The summed E-state index contributed by atoms with van der Waals surface area (Å²) in [6.07, 6.45) is 6.63. The van der Waals surface area contributed by atoms with Gasteiger partial charge in [0.2, 0.25) is 0 Å². The second-order valence-corrected chi connectivity index (χ2v) is 10.3. The number of carbonyl (C=O) groups excluding carboxylic acids is 1. The summed E-state index contributed by atoms with van der Waals surface area (Å²) >= 11 is 0. The Kier molecular flexibility index (Phi) is 9.84. The van der Waals surface area contributed by atoms with Crippen LogP contribution in [0.5, 0.6) is 5.75 Å². The Balaban J connectivity index is 2.64. The van der Waals surface area contributed by atoms with E-state index in [2.05, 4.69) is 41.5 Å². The van der Waals surface area contributed by atoms with Gasteiger partial charge in [-0.3, -0.25) is 4.79 Å². The predicted octanol–water partition coefficient (Wildman–Crippen LogP) is 5.64. The van der Waals surface area contributed by atoms with Gasteiger partial charge in [-0.15, -0.1) is 0 Å². The number of aliphatic hydroxyl groups is 2. The molecule has 1 aromatic rings. The van der Waals surface area contributed by atoms with E-state index in [1.165, 1.54) is 0 Å². The Morgan fingerprint density at radius 1 is 0.862 bits per heavy atom. The Labute approximate surface area is 177 Å². The van der Waals surface area contributed by atoms with E-state index in [-0.39, 0.29) is 23.2 Å². The average molecular weight is 407 g/mol. The molecule has 0 aliphatic heterocycles. The largest absolute Gasteiger partial charge is 0.507 e. The number of rotatable bonds is 11. The summed E-state index contributed by atoms with van der Waals surface area (Å²) in [5, 5.41) is 28.9. The maximum atomic E-state index is 12.8. The van der Waals surface area contributed by atoms with Gasteiger partial charge < -0.3 is 15.3 Å². The lowest BCUT2D eigenvalue weighted by molar-refractivity contribution is 0.0860. The van der Waals surface area contributed by atoms with Crippen molar-refractivity contribution in [3.8, 4) is 5.75 Å². The first-order valence-corrected chi connectivity index (χ1v) is 11.1. The zero-order chi connectivity index (χ0) is 22.2. The molecule has 0 spiro atoms. The molecule has 1 aromatic carbocycles. The van der Waals surface area contributed by atoms with Crippen molar-refractivity contribution in [2.24, 2.45) is 0 Å². The molecule has 3 N–H and O–H groups in total. The number of phenols is 1. The maximum absolute atomic E-state index is 12.8. The van der Waals surface area contributed by atoms with Crippen molar-refractivity contribution in [2.75, 3.05) is 6.61 Å². The molecule has 0 radical (unpaired) electrons. The minimum atomic E-state index is -0.589. The molecule has 0 saturated carbocycles. The molecular formula is C25H42O4. The van der Waals surface area contributed by atoms with Gasteiger partial charge in [0.05, 0.1) is 12.7 Å². The zero-order valence-corrected chi connectivity index (χ0v) is 19.3. The maximum Gasteiger partial charge on any atom is 0.162 e. The van der Waals surface area contributed by atoms with Crippen molar-refractivity contribution < 1.29 is 20.1 Å². The Bertz CT molecular complexity index is 615. The first-order valence-electron chi connectivity index (χ1n) is 11.1. The third kappa shape index (κ3) is 8.47. The van der Waals surface area contributed by atoms with Gasteiger partial charge in [0.15, 0.2) is 5.78 Å². The number of hydrogen-bond acceptors (Lipinski definition) is 4. The van der Waals surface area contributed by atoms with E-state index >= 15 is 0 Å². The van der Waals surface area contributed by atoms with Crippen LogP contribution in [0.25, 0.3) is 0 Å². The first kappa shape index (κ1) is 25.6. The number of Topliss-reactive ketones (excluding diaryl/α,β-unsaturated/α-hetero) is 1. The fourth-order valence-corrected chi connectivity index (χ4v) is 3.55. The molecule has 0 aromatic heterocycles. The number of aromatic hydroxyl groups is 1. The van der Waals surface area contributed by atoms with Gasteiger partial charge in [-0.2, -0.15) is 0 Å². The minimum absolute atomic E-state index is 0.145. The fourth-order valence-electron chi connectivity index (χ4n) is 3.55. The van der Waals surface area contributed by atoms with Crippen molar-refractivity contribution in [2.45, 2.75) is 110 Å². The molecule has 166 valence electrons. The Hall–Kier alpha value is -1.39. The van der Waals surface area contributed by atoms with E-state index in [0.29, 0.717) is 24.2 Å². The van der Waals surface area contributed by atoms with Crippen LogP contribution in [0.15, 0.2) is 12.1 Å². The molecule has 4 nitrogen and oxygen atoms in total. The highest BCUT2D eigenvalue weighted by atomic mass is 16.3. The number of aliphatic hydroxyl groups excluding tert-OH is 2. The van der Waals surface area contributed by atoms with Crippen LogP contribution in [0.3, 0.4) is 0 Å². The monoisotopic (exact) mass is 406 g/mol. The Morgan fingerprint density at radius 2 is 1.31 bits per heavy atom. The summed E-state index contributed by atoms with van der Waals surface area (Å²) < 4.78 is 0. The molecule has 0 amide bonds. The minimum Gasteiger partial charge on any atom is -0.507 e. The van der Waals surface area contributed by atoms with E-state index in [9.17, 15) is 15.0 Å². The van der Waals surface area contributed by atoms with Crippen LogP contribution in [-0.4, -0.2) is 33.8 Å². The second-order valence-electron chi connectivity index (χ2n) is 10.3. The molecular weight excluding hydrogens is 364 g/mol. The van der Waals surface area contributed by atoms with Gasteiger partial charge >= 0.3 is 0 Å². The van der Waals surface area contributed by atoms with Crippen molar-refractivity contribution in [3.05, 3.63) is 28.8 Å². The number of hydrogen-bond donors (Lipinski definition) is 3. The number of carbonyl (C=O) groups is 1. The summed E-state index contributed by atoms with van der Waals surface area (Å²) in [5.41, 5.74) is 1.90. The summed E-state index contributed by atoms with van der Waals surface area (Å²) in [7, 11) is 0. The van der Waals surface area contributed by atoms with Crippen molar-refractivity contribution in [3.63, 3.8) is 0 Å². The van der Waals surface area contributed by atoms with E-state index in [0.717, 1.165) is 49.7 Å². The topological polar surface area (TPSA) is 77.8 Å². The molecule has 0 aliphatic rings. The highest BCUT2D eigenvalue weighted by Gasteiger charge is 2.27. The van der Waals surface area contributed by atoms with Crippen molar-refractivity contribution in [1.29, 1.82) is 0 Å². The summed E-state index contributed by atoms with van der Waals surface area (Å²) in [6, 6.07) is 3.75. The lowest BCUT2D eigenvalue weighted by atomic mass is 9.78. The van der Waals surface area contributed by atoms with Crippen LogP contribution in [0.1, 0.15) is 114 Å². The SMILES string of the molecule is CC(C)(C)c1cc(C(=O)CCCCCCCCC(O)CO)cc(C(C)(C)C)c1O. The van der Waals surface area contributed by atoms with Crippen LogP contribution < -0.4 is 0 Å². The van der Waals surface area contributed by atoms with Crippen LogP contribution >= 0.6 is 0 Å². The standard InChI is InChI=1S/C25H42O4/c1-24(2,3)20-15-18(16-21(23(20)29)25(4,5)6)22(28)14-12-10-8-7-9-11-13-19(27)17-26/h15-16,19,26-27,29H,7-14,17H2,1-6H3. The molecule has 1 unspecified atom stereocenters. The Morgan fingerprint density at radius 3 is 1.76 bits per heavy atom. The molecule has 4 heteroatoms. The van der Waals surface area contributed by atoms with Gasteiger partial charge in [0.25, 0.3) is 0 Å². The predicted molar refractivity (Wildman–Crippen MR) is 120 cm³/mol. The quantitative estimate of drug-likeness (QED) is 0.328. The summed E-state index contributed by atoms with van der Waals surface area (Å²) in [6.45, 7) is 12.2. The highest BCUT2D eigenvalue weighted by Crippen LogP contribution is 2.40. The number of phenolic OH excluding ortho intramolecular Hbond substituents is 1. The number of benzene rings is 1. The van der Waals surface area contributed by atoms with Crippen LogP contribution in [0, 0.1) is 0 Å². The molecule has 0 fully saturated rings. The van der Waals surface area contributed by atoms with Gasteiger partial charge in [0.1, 0.15) is 5.75 Å². The first-order chi connectivity index (χ1) is 13.4. The molecule has 1 atom stereocenters. The normalized spacial score (nSPS) is 13.5. The van der Waals surface area contributed by atoms with Gasteiger partial charge in [-0.1, -0.05) is 73.6 Å². The fraction of sp³-hybridized carbons (Fsp3) is 0.720.